The number of hydrogen-bond acceptors (Lipinski definition) is 7. The third-order valence-electron chi connectivity index (χ3n) is 3.99. The molecule has 0 unspecified atom stereocenters. The van der Waals surface area contributed by atoms with Gasteiger partial charge in [-0.15, -0.1) is 0 Å². The Hall–Kier alpha value is -3.05. The minimum Gasteiger partial charge on any atom is -0.351 e. The summed E-state index contributed by atoms with van der Waals surface area (Å²) in [6.45, 7) is 1.69. The summed E-state index contributed by atoms with van der Waals surface area (Å²) in [5.74, 6) is -1.23. The largest absolute Gasteiger partial charge is 0.451 e. The standard InChI is InChI=1S/C14H12F4N8/c15-8-5-19-13(20-6-8)26-3-1-25(2-4-26)11-9-10(22-7-21-9)23-12(24-11)14(16,17)18/h5-7H,1-4H2,(H,21,22,23,24). The van der Waals surface area contributed by atoms with Crippen LogP contribution in [0.15, 0.2) is 18.7 Å². The van der Waals surface area contributed by atoms with Gasteiger partial charge in [0, 0.05) is 26.2 Å². The molecule has 12 heteroatoms. The Morgan fingerprint density at radius 1 is 0.923 bits per heavy atom. The van der Waals surface area contributed by atoms with E-state index in [-0.39, 0.29) is 11.5 Å². The van der Waals surface area contributed by atoms with Gasteiger partial charge in [-0.3, -0.25) is 0 Å². The van der Waals surface area contributed by atoms with Gasteiger partial charge >= 0.3 is 6.18 Å². The lowest BCUT2D eigenvalue weighted by atomic mass is 10.3. The van der Waals surface area contributed by atoms with E-state index < -0.39 is 17.8 Å². The number of nitrogens with one attached hydrogen (secondary N) is 1. The number of nitrogens with zero attached hydrogens (tertiary/aromatic N) is 7. The summed E-state index contributed by atoms with van der Waals surface area (Å²) in [6.07, 6.45) is -1.23. The number of hydrogen-bond donors (Lipinski definition) is 1. The Balaban J connectivity index is 1.59. The summed E-state index contributed by atoms with van der Waals surface area (Å²) in [6, 6.07) is 0. The number of aromatic amines is 1. The van der Waals surface area contributed by atoms with Crippen LogP contribution in [0.1, 0.15) is 5.82 Å². The first-order valence-corrected chi connectivity index (χ1v) is 7.67. The second-order valence-corrected chi connectivity index (χ2v) is 5.65. The van der Waals surface area contributed by atoms with Gasteiger partial charge in [-0.2, -0.15) is 13.2 Å². The minimum atomic E-state index is -4.66. The van der Waals surface area contributed by atoms with E-state index in [1.54, 1.807) is 4.90 Å². The lowest BCUT2D eigenvalue weighted by Crippen LogP contribution is -2.47. The molecule has 1 fully saturated rings. The lowest BCUT2D eigenvalue weighted by molar-refractivity contribution is -0.144. The first-order valence-electron chi connectivity index (χ1n) is 7.67. The van der Waals surface area contributed by atoms with Crippen LogP contribution in [0, 0.1) is 5.82 Å². The van der Waals surface area contributed by atoms with Gasteiger partial charge in [0.15, 0.2) is 17.3 Å². The van der Waals surface area contributed by atoms with Crippen molar-refractivity contribution < 1.29 is 17.6 Å². The van der Waals surface area contributed by atoms with Crippen molar-refractivity contribution in [2.45, 2.75) is 6.18 Å². The van der Waals surface area contributed by atoms with Crippen LogP contribution in [-0.2, 0) is 6.18 Å². The number of rotatable bonds is 2. The zero-order chi connectivity index (χ0) is 18.3. The van der Waals surface area contributed by atoms with Crippen molar-refractivity contribution in [2.24, 2.45) is 0 Å². The number of alkyl halides is 3. The Kier molecular flexibility index (Phi) is 3.81. The molecule has 4 rings (SSSR count). The average Bonchev–Trinajstić information content (AvgIpc) is 3.10. The highest BCUT2D eigenvalue weighted by Crippen LogP contribution is 2.31. The third-order valence-corrected chi connectivity index (χ3v) is 3.99. The topological polar surface area (TPSA) is 86.7 Å². The van der Waals surface area contributed by atoms with Crippen LogP contribution in [0.5, 0.6) is 0 Å². The smallest absolute Gasteiger partial charge is 0.351 e. The maximum Gasteiger partial charge on any atom is 0.451 e. The van der Waals surface area contributed by atoms with Crippen molar-refractivity contribution in [1.82, 2.24) is 29.9 Å². The Morgan fingerprint density at radius 2 is 1.58 bits per heavy atom. The van der Waals surface area contributed by atoms with Crippen LogP contribution in [0.4, 0.5) is 29.3 Å². The molecule has 0 spiro atoms. The highest BCUT2D eigenvalue weighted by Gasteiger charge is 2.37. The first-order chi connectivity index (χ1) is 12.4. The van der Waals surface area contributed by atoms with E-state index in [1.807, 2.05) is 4.90 Å². The molecular formula is C14H12F4N8. The molecule has 0 radical (unpaired) electrons. The van der Waals surface area contributed by atoms with Gasteiger partial charge < -0.3 is 14.8 Å². The summed E-state index contributed by atoms with van der Waals surface area (Å²) < 4.78 is 52.1. The molecule has 0 amide bonds. The fourth-order valence-corrected chi connectivity index (χ4v) is 2.76. The highest BCUT2D eigenvalue weighted by molar-refractivity contribution is 5.83. The molecule has 1 saturated heterocycles. The molecule has 8 nitrogen and oxygen atoms in total. The second-order valence-electron chi connectivity index (χ2n) is 5.65. The number of imidazole rings is 1. The number of aromatic nitrogens is 6. The third kappa shape index (κ3) is 2.97. The van der Waals surface area contributed by atoms with E-state index in [0.717, 1.165) is 12.4 Å². The molecule has 1 N–H and O–H groups in total. The molecule has 0 saturated carbocycles. The number of piperazine rings is 1. The van der Waals surface area contributed by atoms with Crippen molar-refractivity contribution in [1.29, 1.82) is 0 Å². The second kappa shape index (κ2) is 6.04. The maximum absolute atomic E-state index is 13.0. The van der Waals surface area contributed by atoms with Crippen LogP contribution in [-0.4, -0.2) is 56.1 Å². The van der Waals surface area contributed by atoms with Crippen LogP contribution >= 0.6 is 0 Å². The van der Waals surface area contributed by atoms with E-state index >= 15 is 0 Å². The van der Waals surface area contributed by atoms with Gasteiger partial charge in [-0.1, -0.05) is 0 Å². The van der Waals surface area contributed by atoms with Crippen molar-refractivity contribution in [3.05, 3.63) is 30.4 Å². The summed E-state index contributed by atoms with van der Waals surface area (Å²) in [4.78, 5) is 25.1. The monoisotopic (exact) mass is 368 g/mol. The molecule has 0 aliphatic carbocycles. The Bertz CT molecular complexity index is 915. The summed E-state index contributed by atoms with van der Waals surface area (Å²) in [5.41, 5.74) is 0.316. The molecule has 3 aromatic heterocycles. The predicted octanol–water partition coefficient (Wildman–Crippen LogP) is 1.63. The van der Waals surface area contributed by atoms with E-state index in [0.29, 0.717) is 37.6 Å². The van der Waals surface area contributed by atoms with E-state index in [2.05, 4.69) is 29.9 Å². The van der Waals surface area contributed by atoms with Crippen LogP contribution in [0.25, 0.3) is 11.2 Å². The zero-order valence-corrected chi connectivity index (χ0v) is 13.2. The Labute approximate surface area is 143 Å². The summed E-state index contributed by atoms with van der Waals surface area (Å²) >= 11 is 0. The van der Waals surface area contributed by atoms with Crippen molar-refractivity contribution >= 4 is 22.9 Å². The number of halogens is 4. The van der Waals surface area contributed by atoms with Crippen molar-refractivity contribution in [3.8, 4) is 0 Å². The predicted molar refractivity (Wildman–Crippen MR) is 83.1 cm³/mol. The first kappa shape index (κ1) is 16.4. The van der Waals surface area contributed by atoms with Crippen molar-refractivity contribution in [2.75, 3.05) is 36.0 Å². The molecule has 0 atom stereocenters. The quantitative estimate of drug-likeness (QED) is 0.688. The molecule has 1 aliphatic heterocycles. The van der Waals surface area contributed by atoms with E-state index in [9.17, 15) is 17.6 Å². The van der Waals surface area contributed by atoms with Crippen LogP contribution in [0.3, 0.4) is 0 Å². The van der Waals surface area contributed by atoms with Crippen LogP contribution in [0.2, 0.25) is 0 Å². The molecule has 1 aliphatic rings. The summed E-state index contributed by atoms with van der Waals surface area (Å²) in [7, 11) is 0. The van der Waals surface area contributed by atoms with Gasteiger partial charge in [0.1, 0.15) is 5.52 Å². The number of anilines is 2. The molecule has 136 valence electrons. The maximum atomic E-state index is 13.0. The van der Waals surface area contributed by atoms with E-state index in [4.69, 9.17) is 0 Å². The number of H-pyrrole nitrogens is 1. The van der Waals surface area contributed by atoms with Gasteiger partial charge in [0.2, 0.25) is 11.8 Å². The molecular weight excluding hydrogens is 356 g/mol. The van der Waals surface area contributed by atoms with Crippen molar-refractivity contribution in [3.63, 3.8) is 0 Å². The SMILES string of the molecule is Fc1cnc(N2CCN(c3nc(C(F)(F)F)nc4nc[nH]c34)CC2)nc1. The fourth-order valence-electron chi connectivity index (χ4n) is 2.76. The zero-order valence-electron chi connectivity index (χ0n) is 13.2. The van der Waals surface area contributed by atoms with Gasteiger partial charge in [-0.25, -0.2) is 29.3 Å². The molecule has 3 aromatic rings. The highest BCUT2D eigenvalue weighted by atomic mass is 19.4. The number of fused-ring (bicyclic) bond motifs is 1. The molecule has 4 heterocycles. The van der Waals surface area contributed by atoms with Gasteiger partial charge in [0.05, 0.1) is 18.7 Å². The molecule has 0 bridgehead atoms. The fraction of sp³-hybridized carbons (Fsp3) is 0.357. The average molecular weight is 368 g/mol. The molecule has 26 heavy (non-hydrogen) atoms. The van der Waals surface area contributed by atoms with Gasteiger partial charge in [-0.05, 0) is 0 Å². The molecule has 0 aromatic carbocycles. The van der Waals surface area contributed by atoms with Gasteiger partial charge in [0.25, 0.3) is 0 Å². The van der Waals surface area contributed by atoms with Crippen LogP contribution < -0.4 is 9.80 Å². The normalized spacial score (nSPS) is 15.7. The lowest BCUT2D eigenvalue weighted by Gasteiger charge is -2.35. The van der Waals surface area contributed by atoms with E-state index in [1.165, 1.54) is 6.33 Å². The summed E-state index contributed by atoms with van der Waals surface area (Å²) in [5, 5.41) is 0. The Morgan fingerprint density at radius 3 is 2.23 bits per heavy atom. The minimum absolute atomic E-state index is 0.0355.